The van der Waals surface area contributed by atoms with Crippen molar-refractivity contribution >= 4 is 17.1 Å². The number of imidazole rings is 1. The quantitative estimate of drug-likeness (QED) is 0.550. The maximum absolute atomic E-state index is 13.3. The van der Waals surface area contributed by atoms with Crippen LogP contribution in [0.2, 0.25) is 0 Å². The Labute approximate surface area is 172 Å². The maximum Gasteiger partial charge on any atom is 0.254 e. The van der Waals surface area contributed by atoms with Gasteiger partial charge in [0, 0.05) is 24.3 Å². The molecule has 1 saturated carbocycles. The van der Waals surface area contributed by atoms with Crippen molar-refractivity contribution in [1.29, 1.82) is 0 Å². The molecule has 5 heteroatoms. The summed E-state index contributed by atoms with van der Waals surface area (Å²) in [5, 5.41) is 0. The van der Waals surface area contributed by atoms with Crippen LogP contribution >= 0.6 is 0 Å². The number of aryl methyl sites for hydroxylation is 1. The van der Waals surface area contributed by atoms with E-state index in [4.69, 9.17) is 4.98 Å². The minimum Gasteiger partial charge on any atom is -0.331 e. The van der Waals surface area contributed by atoms with Gasteiger partial charge in [0.25, 0.3) is 5.91 Å². The molecule has 1 aliphatic carbocycles. The van der Waals surface area contributed by atoms with Gasteiger partial charge >= 0.3 is 0 Å². The second-order valence-electron chi connectivity index (χ2n) is 8.13. The fourth-order valence-electron chi connectivity index (χ4n) is 4.37. The van der Waals surface area contributed by atoms with Crippen molar-refractivity contribution in [2.24, 2.45) is 0 Å². The van der Waals surface area contributed by atoms with Crippen LogP contribution in [0.3, 0.4) is 0 Å². The summed E-state index contributed by atoms with van der Waals surface area (Å²) in [5.74, 6) is 1.04. The van der Waals surface area contributed by atoms with Crippen LogP contribution in [0.25, 0.3) is 11.2 Å². The van der Waals surface area contributed by atoms with Crippen LogP contribution in [0.1, 0.15) is 73.2 Å². The van der Waals surface area contributed by atoms with Crippen molar-refractivity contribution in [3.05, 3.63) is 59.5 Å². The lowest BCUT2D eigenvalue weighted by Gasteiger charge is -2.24. The zero-order valence-corrected chi connectivity index (χ0v) is 17.5. The third-order valence-corrected chi connectivity index (χ3v) is 5.88. The van der Waals surface area contributed by atoms with Crippen LogP contribution < -0.4 is 0 Å². The predicted octanol–water partition coefficient (Wildman–Crippen LogP) is 5.30. The SMILES string of the molecule is CCCCN(Cc1nc2cccnc2n1C1CCCC1)C(=O)c1cccc(C)c1. The summed E-state index contributed by atoms with van der Waals surface area (Å²) >= 11 is 0. The highest BCUT2D eigenvalue weighted by Gasteiger charge is 2.25. The lowest BCUT2D eigenvalue weighted by atomic mass is 10.1. The van der Waals surface area contributed by atoms with Crippen LogP contribution in [0, 0.1) is 6.92 Å². The van der Waals surface area contributed by atoms with E-state index in [1.165, 1.54) is 12.8 Å². The van der Waals surface area contributed by atoms with Crippen molar-refractivity contribution in [3.63, 3.8) is 0 Å². The molecule has 0 radical (unpaired) electrons. The van der Waals surface area contributed by atoms with Gasteiger partial charge in [0.05, 0.1) is 6.54 Å². The fourth-order valence-corrected chi connectivity index (χ4v) is 4.37. The van der Waals surface area contributed by atoms with Gasteiger partial charge in [-0.1, -0.05) is 43.9 Å². The molecule has 0 atom stereocenters. The number of carbonyl (C=O) groups is 1. The lowest BCUT2D eigenvalue weighted by Crippen LogP contribution is -2.33. The number of hydrogen-bond donors (Lipinski definition) is 0. The van der Waals surface area contributed by atoms with Gasteiger partial charge in [-0.15, -0.1) is 0 Å². The first-order valence-corrected chi connectivity index (χ1v) is 10.8. The molecule has 0 unspecified atom stereocenters. The molecule has 29 heavy (non-hydrogen) atoms. The van der Waals surface area contributed by atoms with Gasteiger partial charge in [-0.25, -0.2) is 9.97 Å². The van der Waals surface area contributed by atoms with Crippen LogP contribution in [-0.2, 0) is 6.54 Å². The Balaban J connectivity index is 1.69. The van der Waals surface area contributed by atoms with Gasteiger partial charge in [0.15, 0.2) is 5.65 Å². The molecular weight excluding hydrogens is 360 g/mol. The zero-order valence-electron chi connectivity index (χ0n) is 17.5. The van der Waals surface area contributed by atoms with Gasteiger partial charge < -0.3 is 9.47 Å². The van der Waals surface area contributed by atoms with Crippen molar-refractivity contribution in [1.82, 2.24) is 19.4 Å². The molecule has 3 aromatic rings. The Morgan fingerprint density at radius 3 is 2.79 bits per heavy atom. The Hall–Kier alpha value is -2.69. The normalized spacial score (nSPS) is 14.6. The van der Waals surface area contributed by atoms with Gasteiger partial charge in [-0.05, 0) is 50.5 Å². The first-order valence-electron chi connectivity index (χ1n) is 10.8. The van der Waals surface area contributed by atoms with E-state index in [1.807, 2.05) is 54.4 Å². The molecule has 1 aromatic carbocycles. The van der Waals surface area contributed by atoms with Crippen molar-refractivity contribution < 1.29 is 4.79 Å². The van der Waals surface area contributed by atoms with Crippen LogP contribution in [0.15, 0.2) is 42.6 Å². The first kappa shape index (κ1) is 19.6. The summed E-state index contributed by atoms with van der Waals surface area (Å²) in [7, 11) is 0. The zero-order chi connectivity index (χ0) is 20.2. The van der Waals surface area contributed by atoms with Crippen LogP contribution in [0.5, 0.6) is 0 Å². The Kier molecular flexibility index (Phi) is 5.93. The molecule has 0 N–H and O–H groups in total. The number of rotatable bonds is 7. The first-order chi connectivity index (χ1) is 14.2. The van der Waals surface area contributed by atoms with Gasteiger partial charge in [-0.3, -0.25) is 4.79 Å². The van der Waals surface area contributed by atoms with E-state index < -0.39 is 0 Å². The maximum atomic E-state index is 13.3. The van der Waals surface area contributed by atoms with Crippen molar-refractivity contribution in [3.8, 4) is 0 Å². The standard InChI is InChI=1S/C24H30N4O/c1-3-4-15-27(24(29)19-10-7-9-18(2)16-19)17-22-26-21-13-8-14-25-23(21)28(22)20-11-5-6-12-20/h7-10,13-14,16,20H,3-6,11-12,15,17H2,1-2H3. The highest BCUT2D eigenvalue weighted by atomic mass is 16.2. The van der Waals surface area contributed by atoms with Crippen molar-refractivity contribution in [2.75, 3.05) is 6.54 Å². The Morgan fingerprint density at radius 2 is 2.03 bits per heavy atom. The molecular formula is C24H30N4O. The number of pyridine rings is 1. The summed E-state index contributed by atoms with van der Waals surface area (Å²) in [6.07, 6.45) is 8.70. The highest BCUT2D eigenvalue weighted by Crippen LogP contribution is 2.33. The third kappa shape index (κ3) is 4.19. The number of fused-ring (bicyclic) bond motifs is 1. The van der Waals surface area contributed by atoms with Crippen LogP contribution in [0.4, 0.5) is 0 Å². The molecule has 1 aliphatic rings. The average Bonchev–Trinajstić information content (AvgIpc) is 3.37. The lowest BCUT2D eigenvalue weighted by molar-refractivity contribution is 0.0734. The molecule has 0 spiro atoms. The fraction of sp³-hybridized carbons (Fsp3) is 0.458. The number of nitrogens with zero attached hydrogens (tertiary/aromatic N) is 4. The van der Waals surface area contributed by atoms with E-state index >= 15 is 0 Å². The number of carbonyl (C=O) groups excluding carboxylic acids is 1. The highest BCUT2D eigenvalue weighted by molar-refractivity contribution is 5.94. The van der Waals surface area contributed by atoms with E-state index in [2.05, 4.69) is 16.5 Å². The number of unbranched alkanes of at least 4 members (excludes halogenated alkanes) is 1. The molecule has 1 amide bonds. The molecule has 2 aromatic heterocycles. The predicted molar refractivity (Wildman–Crippen MR) is 116 cm³/mol. The molecule has 152 valence electrons. The topological polar surface area (TPSA) is 51.0 Å². The second-order valence-corrected chi connectivity index (χ2v) is 8.13. The van der Waals surface area contributed by atoms with E-state index in [0.717, 1.165) is 60.3 Å². The summed E-state index contributed by atoms with van der Waals surface area (Å²) in [6.45, 7) is 5.45. The molecule has 4 rings (SSSR count). The smallest absolute Gasteiger partial charge is 0.254 e. The van der Waals surface area contributed by atoms with Gasteiger partial charge in [0.1, 0.15) is 11.3 Å². The molecule has 1 fully saturated rings. The molecule has 0 aliphatic heterocycles. The third-order valence-electron chi connectivity index (χ3n) is 5.88. The average molecular weight is 391 g/mol. The van der Waals surface area contributed by atoms with Crippen LogP contribution in [-0.4, -0.2) is 31.9 Å². The molecule has 5 nitrogen and oxygen atoms in total. The van der Waals surface area contributed by atoms with Gasteiger partial charge in [-0.2, -0.15) is 0 Å². The number of aromatic nitrogens is 3. The summed E-state index contributed by atoms with van der Waals surface area (Å²) in [5.41, 5.74) is 3.73. The van der Waals surface area contributed by atoms with E-state index in [1.54, 1.807) is 0 Å². The van der Waals surface area contributed by atoms with E-state index in [-0.39, 0.29) is 5.91 Å². The molecule has 2 heterocycles. The monoisotopic (exact) mass is 390 g/mol. The number of benzene rings is 1. The summed E-state index contributed by atoms with van der Waals surface area (Å²) in [4.78, 5) is 24.8. The second kappa shape index (κ2) is 8.76. The Morgan fingerprint density at radius 1 is 1.21 bits per heavy atom. The number of amides is 1. The summed E-state index contributed by atoms with van der Waals surface area (Å²) < 4.78 is 2.31. The number of hydrogen-bond acceptors (Lipinski definition) is 3. The van der Waals surface area contributed by atoms with Gasteiger partial charge in [0.2, 0.25) is 0 Å². The van der Waals surface area contributed by atoms with Crippen molar-refractivity contribution in [2.45, 2.75) is 65.0 Å². The Bertz CT molecular complexity index is 987. The van der Waals surface area contributed by atoms with E-state index in [9.17, 15) is 4.79 Å². The minimum atomic E-state index is 0.0835. The van der Waals surface area contributed by atoms with E-state index in [0.29, 0.717) is 12.6 Å². The summed E-state index contributed by atoms with van der Waals surface area (Å²) in [6, 6.07) is 12.3. The minimum absolute atomic E-state index is 0.0835. The largest absolute Gasteiger partial charge is 0.331 e. The molecule has 0 saturated heterocycles. The molecule has 0 bridgehead atoms.